The molecule has 0 bridgehead atoms. The molecule has 0 aliphatic carbocycles. The van der Waals surface area contributed by atoms with Crippen molar-refractivity contribution in [2.24, 2.45) is 0 Å². The first-order chi connectivity index (χ1) is 12.4. The normalized spacial score (nSPS) is 14.2. The third-order valence-electron chi connectivity index (χ3n) is 2.72. The van der Waals surface area contributed by atoms with Crippen LogP contribution in [0, 0.1) is 41.3 Å². The van der Waals surface area contributed by atoms with Gasteiger partial charge in [-0.25, -0.2) is 12.1 Å². The Morgan fingerprint density at radius 1 is 0.586 bits per heavy atom. The molecule has 0 saturated carbocycles. The van der Waals surface area contributed by atoms with Crippen LogP contribution in [0.5, 0.6) is 0 Å². The average Bonchev–Trinajstić information content (AvgIpc) is 3.11. The molecule has 1 aliphatic heterocycles. The molecular formula is C21H49N2OPrSi4. The van der Waals surface area contributed by atoms with E-state index in [9.17, 15) is 0 Å². The van der Waals surface area contributed by atoms with Crippen molar-refractivity contribution in [3.63, 3.8) is 0 Å². The van der Waals surface area contributed by atoms with E-state index < -0.39 is 32.9 Å². The predicted molar refractivity (Wildman–Crippen MR) is 142 cm³/mol. The molecule has 1 fully saturated rings. The van der Waals surface area contributed by atoms with Gasteiger partial charge in [0, 0.05) is 13.2 Å². The van der Waals surface area contributed by atoms with Gasteiger partial charge in [-0.15, -0.1) is 0 Å². The van der Waals surface area contributed by atoms with Gasteiger partial charge in [0.2, 0.25) is 0 Å². The van der Waals surface area contributed by atoms with E-state index in [2.05, 4.69) is 78.6 Å². The maximum absolute atomic E-state index is 4.94. The molecule has 2 rings (SSSR count). The fraction of sp³-hybridized carbons (Fsp3) is 0.762. The summed E-state index contributed by atoms with van der Waals surface area (Å²) in [6.45, 7) is 29.6. The van der Waals surface area contributed by atoms with E-state index >= 15 is 0 Å². The third kappa shape index (κ3) is 40.4. The molecule has 0 spiro atoms. The standard InChI is InChI=1S/2C6H18NSi2.C5H5.C4H8O.Pr/c2*1-8(2,3)7-9(4,5)6;2*1-2-4-5-3-1;/h2*1-6H3;1-5H;1-4H2;/q3*-1;;+3. The molecular weight excluding hydrogens is 549 g/mol. The molecule has 168 valence electrons. The topological polar surface area (TPSA) is 37.4 Å². The fourth-order valence-corrected chi connectivity index (χ4v) is 18.9. The van der Waals surface area contributed by atoms with Crippen LogP contribution in [0.2, 0.25) is 78.6 Å². The minimum Gasteiger partial charge on any atom is -0.668 e. The Hall–Kier alpha value is 1.46. The van der Waals surface area contributed by atoms with Gasteiger partial charge >= 0.3 is 41.3 Å². The number of nitrogens with zero attached hydrogens (tertiary/aromatic N) is 2. The van der Waals surface area contributed by atoms with Crippen LogP contribution in [0.4, 0.5) is 0 Å². The van der Waals surface area contributed by atoms with Gasteiger partial charge in [-0.2, -0.15) is 18.2 Å². The van der Waals surface area contributed by atoms with Crippen LogP contribution < -0.4 is 0 Å². The Labute approximate surface area is 221 Å². The Morgan fingerprint density at radius 2 is 0.862 bits per heavy atom. The Balaban J connectivity index is -0.000000316. The van der Waals surface area contributed by atoms with Gasteiger partial charge in [0.1, 0.15) is 0 Å². The maximum atomic E-state index is 4.94. The van der Waals surface area contributed by atoms with Crippen LogP contribution in [-0.2, 0) is 4.74 Å². The molecule has 0 radical (unpaired) electrons. The largest absolute Gasteiger partial charge is 3.00 e. The molecule has 1 aromatic carbocycles. The smallest absolute Gasteiger partial charge is 0.668 e. The Bertz CT molecular complexity index is 380. The van der Waals surface area contributed by atoms with Gasteiger partial charge in [-0.1, -0.05) is 112 Å². The SMILES string of the molecule is C1CCOC1.C[Si](C)(C)[N-][Si](C)(C)C.C[Si](C)(C)[N-][Si](C)(C)C.[Pr+3].c1cc[cH-]c1. The summed E-state index contributed by atoms with van der Waals surface area (Å²) in [4.78, 5) is 0. The van der Waals surface area contributed by atoms with E-state index in [1.165, 1.54) is 12.8 Å². The fourth-order valence-electron chi connectivity index (χ4n) is 2.84. The second kappa shape index (κ2) is 17.0. The van der Waals surface area contributed by atoms with Crippen LogP contribution in [0.25, 0.3) is 9.30 Å². The summed E-state index contributed by atoms with van der Waals surface area (Å²) in [5.74, 6) is 0. The molecule has 1 saturated heterocycles. The minimum atomic E-state index is -1.11. The quantitative estimate of drug-likeness (QED) is 0.254. The molecule has 0 N–H and O–H groups in total. The first-order valence-electron chi connectivity index (χ1n) is 10.6. The Morgan fingerprint density at radius 3 is 0.931 bits per heavy atom. The van der Waals surface area contributed by atoms with Gasteiger partial charge in [0.15, 0.2) is 0 Å². The maximum Gasteiger partial charge on any atom is 3.00 e. The zero-order valence-electron chi connectivity index (χ0n) is 21.6. The van der Waals surface area contributed by atoms with Gasteiger partial charge < -0.3 is 14.0 Å². The molecule has 0 atom stereocenters. The van der Waals surface area contributed by atoms with Crippen molar-refractivity contribution < 1.29 is 46.0 Å². The van der Waals surface area contributed by atoms with Crippen LogP contribution in [0.15, 0.2) is 30.3 Å². The molecule has 0 amide bonds. The molecule has 8 heteroatoms. The van der Waals surface area contributed by atoms with Crippen molar-refractivity contribution >= 4 is 32.9 Å². The predicted octanol–water partition coefficient (Wildman–Crippen LogP) is 8.26. The van der Waals surface area contributed by atoms with Crippen LogP contribution in [0.3, 0.4) is 0 Å². The van der Waals surface area contributed by atoms with E-state index in [1.54, 1.807) is 0 Å². The number of hydrogen-bond donors (Lipinski definition) is 0. The zero-order valence-corrected chi connectivity index (χ0v) is 29.3. The molecule has 1 heterocycles. The van der Waals surface area contributed by atoms with Gasteiger partial charge in [0.25, 0.3) is 0 Å². The van der Waals surface area contributed by atoms with E-state index in [4.69, 9.17) is 14.0 Å². The van der Waals surface area contributed by atoms with Gasteiger partial charge in [0.05, 0.1) is 0 Å². The van der Waals surface area contributed by atoms with Crippen molar-refractivity contribution in [1.82, 2.24) is 0 Å². The van der Waals surface area contributed by atoms with Crippen molar-refractivity contribution in [3.8, 4) is 0 Å². The monoisotopic (exact) mass is 598 g/mol. The van der Waals surface area contributed by atoms with Crippen molar-refractivity contribution in [3.05, 3.63) is 39.6 Å². The van der Waals surface area contributed by atoms with Gasteiger partial charge in [-0.3, -0.25) is 0 Å². The van der Waals surface area contributed by atoms with E-state index in [-0.39, 0.29) is 41.3 Å². The zero-order chi connectivity index (χ0) is 22.5. The second-order valence-electron chi connectivity index (χ2n) is 11.2. The molecule has 1 aliphatic rings. The molecule has 0 aromatic heterocycles. The average molecular weight is 599 g/mol. The molecule has 0 unspecified atom stereocenters. The summed E-state index contributed by atoms with van der Waals surface area (Å²) in [6.07, 6.45) is 2.56. The number of ether oxygens (including phenoxy) is 1. The van der Waals surface area contributed by atoms with Crippen molar-refractivity contribution in [2.75, 3.05) is 13.2 Å². The summed E-state index contributed by atoms with van der Waals surface area (Å²) in [5, 5.41) is 0. The summed E-state index contributed by atoms with van der Waals surface area (Å²) in [5.41, 5.74) is 0. The van der Waals surface area contributed by atoms with Crippen molar-refractivity contribution in [2.45, 2.75) is 91.4 Å². The van der Waals surface area contributed by atoms with E-state index in [0.717, 1.165) is 13.2 Å². The number of rotatable bonds is 4. The second-order valence-corrected chi connectivity index (χ2v) is 30.3. The first kappa shape index (κ1) is 35.1. The van der Waals surface area contributed by atoms with E-state index in [0.29, 0.717) is 0 Å². The van der Waals surface area contributed by atoms with Crippen LogP contribution in [-0.4, -0.2) is 46.2 Å². The summed E-state index contributed by atoms with van der Waals surface area (Å²) >= 11 is 0. The van der Waals surface area contributed by atoms with Crippen LogP contribution >= 0.6 is 0 Å². The van der Waals surface area contributed by atoms with E-state index in [1.807, 2.05) is 30.3 Å². The Kier molecular flexibility index (Phi) is 20.6. The third-order valence-corrected chi connectivity index (χ3v) is 13.5. The number of hydrogen-bond acceptors (Lipinski definition) is 1. The minimum absolute atomic E-state index is 0. The first-order valence-corrected chi connectivity index (χ1v) is 24.4. The molecule has 3 nitrogen and oxygen atoms in total. The molecule has 1 aromatic rings. The van der Waals surface area contributed by atoms with Gasteiger partial charge in [-0.05, 0) is 12.8 Å². The van der Waals surface area contributed by atoms with Crippen LogP contribution in [0.1, 0.15) is 12.8 Å². The summed E-state index contributed by atoms with van der Waals surface area (Å²) < 4.78 is 14.6. The summed E-state index contributed by atoms with van der Waals surface area (Å²) in [6, 6.07) is 10.0. The summed E-state index contributed by atoms with van der Waals surface area (Å²) in [7, 11) is -4.42. The van der Waals surface area contributed by atoms with Crippen molar-refractivity contribution in [1.29, 1.82) is 0 Å². The molecule has 29 heavy (non-hydrogen) atoms.